The Kier molecular flexibility index (Phi) is 6.35. The Bertz CT molecular complexity index is 650. The normalized spacial score (nSPS) is 16.1. The molecule has 0 spiro atoms. The number of hydrogen-bond acceptors (Lipinski definition) is 6. The molecular formula is C14H21N3O6S. The minimum absolute atomic E-state index is 0.0239. The first-order chi connectivity index (χ1) is 11.4. The monoisotopic (exact) mass is 359 g/mol. The summed E-state index contributed by atoms with van der Waals surface area (Å²) in [4.78, 5) is 24.9. The van der Waals surface area contributed by atoms with E-state index in [4.69, 9.17) is 4.42 Å². The number of ether oxygens (including phenoxy) is 1. The summed E-state index contributed by atoms with van der Waals surface area (Å²) in [5.41, 5.74) is 0. The second kappa shape index (κ2) is 8.27. The van der Waals surface area contributed by atoms with Crippen LogP contribution in [0, 0.1) is 0 Å². The molecule has 1 N–H and O–H groups in total. The lowest BCUT2D eigenvalue weighted by Gasteiger charge is -2.33. The van der Waals surface area contributed by atoms with Crippen molar-refractivity contribution >= 4 is 21.8 Å². The Labute approximate surface area is 140 Å². The lowest BCUT2D eigenvalue weighted by Crippen LogP contribution is -2.51. The zero-order valence-electron chi connectivity index (χ0n) is 13.4. The fraction of sp³-hybridized carbons (Fsp3) is 0.571. The van der Waals surface area contributed by atoms with Gasteiger partial charge in [-0.3, -0.25) is 9.59 Å². The van der Waals surface area contributed by atoms with E-state index in [-0.39, 0.29) is 49.6 Å². The topological polar surface area (TPSA) is 109 Å². The van der Waals surface area contributed by atoms with Crippen LogP contribution in [0.2, 0.25) is 0 Å². The number of nitrogens with one attached hydrogen (secondary N) is 1. The summed E-state index contributed by atoms with van der Waals surface area (Å²) in [5, 5.41) is 2.48. The largest absolute Gasteiger partial charge is 0.459 e. The van der Waals surface area contributed by atoms with E-state index in [0.717, 1.165) is 0 Å². The van der Waals surface area contributed by atoms with Crippen molar-refractivity contribution in [3.63, 3.8) is 0 Å². The van der Waals surface area contributed by atoms with Crippen molar-refractivity contribution < 1.29 is 27.2 Å². The number of piperazine rings is 1. The van der Waals surface area contributed by atoms with Gasteiger partial charge in [0.2, 0.25) is 15.9 Å². The molecule has 2 rings (SSSR count). The molecule has 24 heavy (non-hydrogen) atoms. The second-order valence-electron chi connectivity index (χ2n) is 5.27. The molecule has 1 aliphatic rings. The first-order valence-electron chi connectivity index (χ1n) is 7.50. The van der Waals surface area contributed by atoms with E-state index in [0.29, 0.717) is 13.1 Å². The number of methoxy groups -OCH3 is 1. The third-order valence-corrected chi connectivity index (χ3v) is 5.48. The zero-order valence-corrected chi connectivity index (χ0v) is 14.3. The third-order valence-electron chi connectivity index (χ3n) is 3.61. The molecule has 0 aliphatic carbocycles. The molecule has 1 aromatic heterocycles. The van der Waals surface area contributed by atoms with Crippen LogP contribution in [-0.2, 0) is 19.6 Å². The summed E-state index contributed by atoms with van der Waals surface area (Å²) in [7, 11) is -2.09. The quantitative estimate of drug-likeness (QED) is 0.678. The number of rotatable bonds is 7. The summed E-state index contributed by atoms with van der Waals surface area (Å²) >= 11 is 0. The van der Waals surface area contributed by atoms with Gasteiger partial charge in [0.05, 0.1) is 12.0 Å². The number of nitrogens with zero attached hydrogens (tertiary/aromatic N) is 2. The van der Waals surface area contributed by atoms with E-state index in [1.54, 1.807) is 17.0 Å². The van der Waals surface area contributed by atoms with Gasteiger partial charge in [-0.1, -0.05) is 0 Å². The lowest BCUT2D eigenvalue weighted by atomic mass is 10.3. The van der Waals surface area contributed by atoms with Crippen LogP contribution in [0.3, 0.4) is 0 Å². The molecule has 134 valence electrons. The molecule has 2 heterocycles. The molecule has 1 fully saturated rings. The van der Waals surface area contributed by atoms with Crippen LogP contribution in [0.4, 0.5) is 0 Å². The number of hydrogen-bond donors (Lipinski definition) is 1. The number of carbonyl (C=O) groups is 2. The minimum Gasteiger partial charge on any atom is -0.459 e. The van der Waals surface area contributed by atoms with Gasteiger partial charge in [-0.25, -0.2) is 8.42 Å². The minimum atomic E-state index is -3.48. The van der Waals surface area contributed by atoms with Crippen molar-refractivity contribution in [3.8, 4) is 0 Å². The van der Waals surface area contributed by atoms with Crippen LogP contribution in [0.25, 0.3) is 0 Å². The third kappa shape index (κ3) is 4.79. The smallest absolute Gasteiger partial charge is 0.289 e. The molecule has 9 nitrogen and oxygen atoms in total. The number of furan rings is 1. The van der Waals surface area contributed by atoms with Gasteiger partial charge in [0.1, 0.15) is 6.61 Å². The summed E-state index contributed by atoms with van der Waals surface area (Å²) in [6, 6.07) is 3.21. The first kappa shape index (κ1) is 18.4. The molecule has 0 unspecified atom stereocenters. The zero-order chi connectivity index (χ0) is 17.6. The van der Waals surface area contributed by atoms with Gasteiger partial charge in [-0.15, -0.1) is 0 Å². The summed E-state index contributed by atoms with van der Waals surface area (Å²) < 4.78 is 35.6. The molecule has 0 aromatic carbocycles. The van der Waals surface area contributed by atoms with Crippen molar-refractivity contribution in [1.82, 2.24) is 14.5 Å². The predicted octanol–water partition coefficient (Wildman–Crippen LogP) is -0.870. The highest BCUT2D eigenvalue weighted by molar-refractivity contribution is 7.89. The highest BCUT2D eigenvalue weighted by Gasteiger charge is 2.29. The fourth-order valence-corrected chi connectivity index (χ4v) is 3.69. The van der Waals surface area contributed by atoms with E-state index in [2.05, 4.69) is 10.1 Å². The summed E-state index contributed by atoms with van der Waals surface area (Å²) in [6.07, 6.45) is 1.42. The van der Waals surface area contributed by atoms with Gasteiger partial charge < -0.3 is 19.4 Å². The maximum Gasteiger partial charge on any atom is 0.289 e. The molecule has 2 amide bonds. The molecular weight excluding hydrogens is 338 g/mol. The van der Waals surface area contributed by atoms with E-state index in [1.165, 1.54) is 17.7 Å². The van der Waals surface area contributed by atoms with Crippen LogP contribution in [0.15, 0.2) is 22.8 Å². The van der Waals surface area contributed by atoms with E-state index >= 15 is 0 Å². The highest BCUT2D eigenvalue weighted by Crippen LogP contribution is 2.12. The molecule has 1 saturated heterocycles. The Balaban J connectivity index is 1.80. The van der Waals surface area contributed by atoms with Gasteiger partial charge in [-0.2, -0.15) is 4.31 Å². The maximum absolute atomic E-state index is 12.3. The van der Waals surface area contributed by atoms with Crippen LogP contribution < -0.4 is 5.32 Å². The Hall–Kier alpha value is -1.91. The molecule has 10 heteroatoms. The van der Waals surface area contributed by atoms with Crippen molar-refractivity contribution in [1.29, 1.82) is 0 Å². The number of carbonyl (C=O) groups excluding carboxylic acids is 2. The van der Waals surface area contributed by atoms with E-state index in [9.17, 15) is 18.0 Å². The molecule has 0 radical (unpaired) electrons. The molecule has 0 atom stereocenters. The summed E-state index contributed by atoms with van der Waals surface area (Å²) in [5.74, 6) is -0.549. The molecule has 0 saturated carbocycles. The van der Waals surface area contributed by atoms with Crippen molar-refractivity contribution in [2.24, 2.45) is 0 Å². The van der Waals surface area contributed by atoms with Gasteiger partial charge in [0, 0.05) is 39.8 Å². The van der Waals surface area contributed by atoms with Gasteiger partial charge in [0.25, 0.3) is 5.91 Å². The first-order valence-corrected chi connectivity index (χ1v) is 9.11. The molecule has 0 bridgehead atoms. The van der Waals surface area contributed by atoms with Crippen molar-refractivity contribution in [3.05, 3.63) is 24.2 Å². The average molecular weight is 359 g/mol. The maximum atomic E-state index is 12.3. The van der Waals surface area contributed by atoms with Crippen LogP contribution in [0.1, 0.15) is 10.6 Å². The standard InChI is InChI=1S/C14H21N3O6S/c1-22-11-13(18)15-4-10-24(20,21)17-7-5-16(6-8-17)14(19)12-3-2-9-23-12/h2-3,9H,4-8,10-11H2,1H3,(H,15,18). The lowest BCUT2D eigenvalue weighted by molar-refractivity contribution is -0.124. The van der Waals surface area contributed by atoms with Gasteiger partial charge in [-0.05, 0) is 12.1 Å². The van der Waals surface area contributed by atoms with Crippen LogP contribution in [0.5, 0.6) is 0 Å². The summed E-state index contributed by atoms with van der Waals surface area (Å²) in [6.45, 7) is 0.967. The molecule has 1 aliphatic heterocycles. The van der Waals surface area contributed by atoms with E-state index in [1.807, 2.05) is 0 Å². The van der Waals surface area contributed by atoms with E-state index < -0.39 is 10.0 Å². The number of amides is 2. The van der Waals surface area contributed by atoms with Gasteiger partial charge in [0.15, 0.2) is 5.76 Å². The fourth-order valence-electron chi connectivity index (χ4n) is 2.36. The number of sulfonamides is 1. The molecule has 1 aromatic rings. The Morgan fingerprint density at radius 1 is 1.29 bits per heavy atom. The Morgan fingerprint density at radius 2 is 2.00 bits per heavy atom. The van der Waals surface area contributed by atoms with Crippen LogP contribution >= 0.6 is 0 Å². The van der Waals surface area contributed by atoms with Gasteiger partial charge >= 0.3 is 0 Å². The second-order valence-corrected chi connectivity index (χ2v) is 7.36. The Morgan fingerprint density at radius 3 is 2.58 bits per heavy atom. The average Bonchev–Trinajstić information content (AvgIpc) is 3.09. The van der Waals surface area contributed by atoms with Crippen molar-refractivity contribution in [2.75, 3.05) is 52.2 Å². The van der Waals surface area contributed by atoms with Crippen LogP contribution in [-0.4, -0.2) is 81.6 Å². The van der Waals surface area contributed by atoms with Crippen molar-refractivity contribution in [2.45, 2.75) is 0 Å². The SMILES string of the molecule is COCC(=O)NCCS(=O)(=O)N1CCN(C(=O)c2ccco2)CC1. The predicted molar refractivity (Wildman–Crippen MR) is 84.9 cm³/mol. The highest BCUT2D eigenvalue weighted by atomic mass is 32.2.